The van der Waals surface area contributed by atoms with Crippen molar-refractivity contribution in [1.29, 1.82) is 5.26 Å². The maximum atomic E-state index is 12.2. The first-order valence-corrected chi connectivity index (χ1v) is 7.62. The molecule has 2 N–H and O–H groups in total. The molecular weight excluding hydrogens is 262 g/mol. The predicted molar refractivity (Wildman–Crippen MR) is 83.9 cm³/mol. The van der Waals surface area contributed by atoms with Crippen LogP contribution in [0.5, 0.6) is 0 Å². The Kier molecular flexibility index (Phi) is 5.35. The number of aryl methyl sites for hydroxylation is 1. The van der Waals surface area contributed by atoms with Crippen molar-refractivity contribution in [2.45, 2.75) is 33.1 Å². The maximum Gasteiger partial charge on any atom is 0.224 e. The van der Waals surface area contributed by atoms with Crippen LogP contribution in [-0.4, -0.2) is 19.0 Å². The zero-order valence-corrected chi connectivity index (χ0v) is 12.8. The molecule has 1 aliphatic rings. The molecule has 0 spiro atoms. The Balaban J connectivity index is 1.96. The van der Waals surface area contributed by atoms with Crippen LogP contribution in [0, 0.1) is 30.1 Å². The van der Waals surface area contributed by atoms with Crippen molar-refractivity contribution in [3.8, 4) is 6.07 Å². The first kappa shape index (κ1) is 15.5. The number of carbonyl (C=O) groups is 1. The van der Waals surface area contributed by atoms with E-state index in [2.05, 4.69) is 23.6 Å². The maximum absolute atomic E-state index is 12.2. The SMILES string of the molecule is Cc1cccc(NC(=O)CC(C)C2CCCNC2)c1C#N. The number of nitrogens with zero attached hydrogens (tertiary/aromatic N) is 1. The summed E-state index contributed by atoms with van der Waals surface area (Å²) in [6, 6.07) is 7.69. The normalized spacial score (nSPS) is 19.6. The molecule has 4 heteroatoms. The summed E-state index contributed by atoms with van der Waals surface area (Å²) in [6.07, 6.45) is 2.88. The summed E-state index contributed by atoms with van der Waals surface area (Å²) >= 11 is 0. The number of anilines is 1. The molecule has 1 aromatic rings. The highest BCUT2D eigenvalue weighted by Crippen LogP contribution is 2.24. The van der Waals surface area contributed by atoms with Crippen molar-refractivity contribution in [3.05, 3.63) is 29.3 Å². The molecule has 1 saturated heterocycles. The summed E-state index contributed by atoms with van der Waals surface area (Å²) in [7, 11) is 0. The molecule has 0 radical (unpaired) electrons. The average molecular weight is 285 g/mol. The van der Waals surface area contributed by atoms with Crippen LogP contribution in [0.1, 0.15) is 37.3 Å². The Morgan fingerprint density at radius 2 is 2.38 bits per heavy atom. The largest absolute Gasteiger partial charge is 0.325 e. The number of amides is 1. The third kappa shape index (κ3) is 4.05. The van der Waals surface area contributed by atoms with E-state index in [-0.39, 0.29) is 5.91 Å². The fourth-order valence-electron chi connectivity index (χ4n) is 2.95. The Morgan fingerprint density at radius 3 is 3.05 bits per heavy atom. The lowest BCUT2D eigenvalue weighted by Crippen LogP contribution is -2.34. The zero-order valence-electron chi connectivity index (χ0n) is 12.8. The van der Waals surface area contributed by atoms with Crippen LogP contribution in [0.15, 0.2) is 18.2 Å². The zero-order chi connectivity index (χ0) is 15.2. The van der Waals surface area contributed by atoms with E-state index >= 15 is 0 Å². The van der Waals surface area contributed by atoms with Crippen LogP contribution in [0.4, 0.5) is 5.69 Å². The second-order valence-electron chi connectivity index (χ2n) is 5.95. The summed E-state index contributed by atoms with van der Waals surface area (Å²) in [5, 5.41) is 15.5. The first-order valence-electron chi connectivity index (χ1n) is 7.62. The minimum Gasteiger partial charge on any atom is -0.325 e. The van der Waals surface area contributed by atoms with Crippen molar-refractivity contribution in [1.82, 2.24) is 5.32 Å². The lowest BCUT2D eigenvalue weighted by atomic mass is 9.85. The van der Waals surface area contributed by atoms with Gasteiger partial charge in [-0.15, -0.1) is 0 Å². The number of hydrogen-bond acceptors (Lipinski definition) is 3. The summed E-state index contributed by atoms with van der Waals surface area (Å²) in [4.78, 5) is 12.2. The van der Waals surface area contributed by atoms with Crippen LogP contribution in [0.2, 0.25) is 0 Å². The summed E-state index contributed by atoms with van der Waals surface area (Å²) in [6.45, 7) is 6.11. The van der Waals surface area contributed by atoms with E-state index in [0.29, 0.717) is 29.5 Å². The first-order chi connectivity index (χ1) is 10.1. The molecule has 1 fully saturated rings. The summed E-state index contributed by atoms with van der Waals surface area (Å²) < 4.78 is 0. The number of hydrogen-bond donors (Lipinski definition) is 2. The number of carbonyl (C=O) groups excluding carboxylic acids is 1. The monoisotopic (exact) mass is 285 g/mol. The predicted octanol–water partition coefficient (Wildman–Crippen LogP) is 2.83. The number of rotatable bonds is 4. The Bertz CT molecular complexity index is 541. The fraction of sp³-hybridized carbons (Fsp3) is 0.529. The average Bonchev–Trinajstić information content (AvgIpc) is 2.48. The van der Waals surface area contributed by atoms with Crippen molar-refractivity contribution in [2.75, 3.05) is 18.4 Å². The van der Waals surface area contributed by atoms with Gasteiger partial charge in [-0.25, -0.2) is 0 Å². The molecule has 112 valence electrons. The van der Waals surface area contributed by atoms with E-state index in [4.69, 9.17) is 0 Å². The molecule has 1 aromatic carbocycles. The number of benzene rings is 1. The van der Waals surface area contributed by atoms with Crippen LogP contribution in [-0.2, 0) is 4.79 Å². The lowest BCUT2D eigenvalue weighted by Gasteiger charge is -2.28. The van der Waals surface area contributed by atoms with Crippen molar-refractivity contribution < 1.29 is 4.79 Å². The van der Waals surface area contributed by atoms with E-state index in [0.717, 1.165) is 18.7 Å². The van der Waals surface area contributed by atoms with E-state index in [1.54, 1.807) is 6.07 Å². The Hall–Kier alpha value is -1.86. The molecule has 1 aliphatic heterocycles. The van der Waals surface area contributed by atoms with Crippen molar-refractivity contribution >= 4 is 11.6 Å². The van der Waals surface area contributed by atoms with Gasteiger partial charge < -0.3 is 10.6 Å². The minimum absolute atomic E-state index is 0.00447. The number of nitrogens with one attached hydrogen (secondary N) is 2. The molecule has 0 bridgehead atoms. The van der Waals surface area contributed by atoms with Gasteiger partial charge in [-0.1, -0.05) is 19.1 Å². The minimum atomic E-state index is -0.00447. The van der Waals surface area contributed by atoms with Gasteiger partial charge in [-0.05, 0) is 56.3 Å². The van der Waals surface area contributed by atoms with E-state index in [9.17, 15) is 10.1 Å². The molecular formula is C17H23N3O. The van der Waals surface area contributed by atoms with E-state index in [1.807, 2.05) is 19.1 Å². The van der Waals surface area contributed by atoms with Gasteiger partial charge in [-0.2, -0.15) is 5.26 Å². The second-order valence-corrected chi connectivity index (χ2v) is 5.95. The van der Waals surface area contributed by atoms with E-state index < -0.39 is 0 Å². The fourth-order valence-corrected chi connectivity index (χ4v) is 2.95. The third-order valence-electron chi connectivity index (χ3n) is 4.31. The molecule has 0 aliphatic carbocycles. The highest BCUT2D eigenvalue weighted by molar-refractivity contribution is 5.92. The third-order valence-corrected chi connectivity index (χ3v) is 4.31. The number of piperidine rings is 1. The van der Waals surface area contributed by atoms with Gasteiger partial charge in [-0.3, -0.25) is 4.79 Å². The van der Waals surface area contributed by atoms with Gasteiger partial charge in [0.1, 0.15) is 6.07 Å². The molecule has 21 heavy (non-hydrogen) atoms. The molecule has 2 atom stereocenters. The van der Waals surface area contributed by atoms with E-state index in [1.165, 1.54) is 12.8 Å². The van der Waals surface area contributed by atoms with Gasteiger partial charge in [0.05, 0.1) is 11.3 Å². The standard InChI is InChI=1S/C17H23N3O/c1-12-5-3-7-16(15(12)10-18)20-17(21)9-13(2)14-6-4-8-19-11-14/h3,5,7,13-14,19H,4,6,8-9,11H2,1-2H3,(H,20,21). The smallest absolute Gasteiger partial charge is 0.224 e. The molecule has 0 saturated carbocycles. The Labute approximate surface area is 126 Å². The summed E-state index contributed by atoms with van der Waals surface area (Å²) in [5.41, 5.74) is 2.06. The van der Waals surface area contributed by atoms with Gasteiger partial charge in [0.2, 0.25) is 5.91 Å². The summed E-state index contributed by atoms with van der Waals surface area (Å²) in [5.74, 6) is 0.917. The molecule has 1 heterocycles. The van der Waals surface area contributed by atoms with Crippen LogP contribution in [0.3, 0.4) is 0 Å². The van der Waals surface area contributed by atoms with Crippen LogP contribution in [0.25, 0.3) is 0 Å². The number of nitriles is 1. The molecule has 0 aromatic heterocycles. The Morgan fingerprint density at radius 1 is 1.57 bits per heavy atom. The van der Waals surface area contributed by atoms with Gasteiger partial charge in [0, 0.05) is 6.42 Å². The van der Waals surface area contributed by atoms with Crippen LogP contribution >= 0.6 is 0 Å². The van der Waals surface area contributed by atoms with Gasteiger partial charge >= 0.3 is 0 Å². The molecule has 4 nitrogen and oxygen atoms in total. The van der Waals surface area contributed by atoms with Crippen LogP contribution < -0.4 is 10.6 Å². The molecule has 2 rings (SSSR count). The molecule has 2 unspecified atom stereocenters. The second kappa shape index (κ2) is 7.24. The van der Waals surface area contributed by atoms with Crippen molar-refractivity contribution in [3.63, 3.8) is 0 Å². The van der Waals surface area contributed by atoms with Crippen molar-refractivity contribution in [2.24, 2.45) is 11.8 Å². The highest BCUT2D eigenvalue weighted by atomic mass is 16.1. The quantitative estimate of drug-likeness (QED) is 0.894. The molecule has 1 amide bonds. The topological polar surface area (TPSA) is 64.9 Å². The lowest BCUT2D eigenvalue weighted by molar-refractivity contribution is -0.117. The van der Waals surface area contributed by atoms with Gasteiger partial charge in [0.25, 0.3) is 0 Å². The van der Waals surface area contributed by atoms with Gasteiger partial charge in [0.15, 0.2) is 0 Å². The highest BCUT2D eigenvalue weighted by Gasteiger charge is 2.22.